The third kappa shape index (κ3) is 3.45. The standard InChI is InChI=1S/C16H21N3O2S2/c1-9-3-4-10-12(7-9)23-15-13(10)14(17-8-18-15)19-11(16(20)21)5-6-22-2/h8-9,11H,3-7H2,1-2H3,(H,20,21)(H,17,18,19). The Labute approximate surface area is 143 Å². The number of carboxylic acids is 1. The number of carboxylic acid groups (broad SMARTS) is 1. The van der Waals surface area contributed by atoms with Crippen molar-refractivity contribution in [3.8, 4) is 0 Å². The summed E-state index contributed by atoms with van der Waals surface area (Å²) < 4.78 is 0. The summed E-state index contributed by atoms with van der Waals surface area (Å²) in [7, 11) is 0. The van der Waals surface area contributed by atoms with Crippen molar-refractivity contribution in [2.24, 2.45) is 5.92 Å². The van der Waals surface area contributed by atoms with Gasteiger partial charge in [-0.25, -0.2) is 14.8 Å². The van der Waals surface area contributed by atoms with Crippen LogP contribution in [0.4, 0.5) is 5.82 Å². The maximum absolute atomic E-state index is 11.5. The van der Waals surface area contributed by atoms with Gasteiger partial charge >= 0.3 is 5.97 Å². The highest BCUT2D eigenvalue weighted by Crippen LogP contribution is 2.39. The van der Waals surface area contributed by atoms with Gasteiger partial charge < -0.3 is 10.4 Å². The molecule has 5 nitrogen and oxygen atoms in total. The van der Waals surface area contributed by atoms with Gasteiger partial charge in [0.05, 0.1) is 5.39 Å². The van der Waals surface area contributed by atoms with Gasteiger partial charge in [0, 0.05) is 4.88 Å². The number of thioether (sulfide) groups is 1. The molecule has 0 bridgehead atoms. The Balaban J connectivity index is 1.96. The molecule has 0 fully saturated rings. The van der Waals surface area contributed by atoms with Gasteiger partial charge in [-0.2, -0.15) is 11.8 Å². The monoisotopic (exact) mass is 351 g/mol. The number of aryl methyl sites for hydroxylation is 1. The lowest BCUT2D eigenvalue weighted by Gasteiger charge is -2.19. The van der Waals surface area contributed by atoms with Crippen LogP contribution in [0.3, 0.4) is 0 Å². The van der Waals surface area contributed by atoms with Crippen molar-refractivity contribution in [2.75, 3.05) is 17.3 Å². The van der Waals surface area contributed by atoms with Crippen molar-refractivity contribution < 1.29 is 9.90 Å². The highest BCUT2D eigenvalue weighted by atomic mass is 32.2. The number of hydrogen-bond donors (Lipinski definition) is 2. The molecule has 0 aliphatic heterocycles. The van der Waals surface area contributed by atoms with Gasteiger partial charge in [-0.15, -0.1) is 11.3 Å². The minimum Gasteiger partial charge on any atom is -0.480 e. The summed E-state index contributed by atoms with van der Waals surface area (Å²) in [6.07, 6.45) is 7.38. The van der Waals surface area contributed by atoms with Crippen LogP contribution in [0.1, 0.15) is 30.2 Å². The molecule has 0 spiro atoms. The van der Waals surface area contributed by atoms with Gasteiger partial charge in [0.2, 0.25) is 0 Å². The molecule has 2 unspecified atom stereocenters. The summed E-state index contributed by atoms with van der Waals surface area (Å²) in [5.74, 6) is 1.35. The molecule has 2 N–H and O–H groups in total. The average Bonchev–Trinajstić information content (AvgIpc) is 2.89. The molecule has 7 heteroatoms. The fraction of sp³-hybridized carbons (Fsp3) is 0.562. The van der Waals surface area contributed by atoms with E-state index in [4.69, 9.17) is 0 Å². The van der Waals surface area contributed by atoms with Crippen molar-refractivity contribution in [1.29, 1.82) is 0 Å². The molecule has 0 radical (unpaired) electrons. The number of aliphatic carboxylic acids is 1. The van der Waals surface area contributed by atoms with Crippen LogP contribution < -0.4 is 5.32 Å². The number of nitrogens with zero attached hydrogens (tertiary/aromatic N) is 2. The fourth-order valence-electron chi connectivity index (χ4n) is 3.04. The summed E-state index contributed by atoms with van der Waals surface area (Å²) in [5.41, 5.74) is 1.32. The first kappa shape index (κ1) is 16.5. The zero-order valence-corrected chi connectivity index (χ0v) is 15.0. The smallest absolute Gasteiger partial charge is 0.326 e. The van der Waals surface area contributed by atoms with Crippen LogP contribution in [0, 0.1) is 5.92 Å². The van der Waals surface area contributed by atoms with E-state index in [1.54, 1.807) is 23.1 Å². The number of thiophene rings is 1. The van der Waals surface area contributed by atoms with Crippen LogP contribution in [0.5, 0.6) is 0 Å². The van der Waals surface area contributed by atoms with Crippen LogP contribution in [-0.2, 0) is 17.6 Å². The van der Waals surface area contributed by atoms with Crippen LogP contribution in [-0.4, -0.2) is 39.1 Å². The number of hydrogen-bond acceptors (Lipinski definition) is 6. The zero-order valence-electron chi connectivity index (χ0n) is 13.3. The Hall–Kier alpha value is -1.34. The molecule has 2 aromatic heterocycles. The number of rotatable bonds is 6. The summed E-state index contributed by atoms with van der Waals surface area (Å²) in [6, 6.07) is -0.612. The van der Waals surface area contributed by atoms with E-state index in [-0.39, 0.29) is 0 Å². The first-order valence-electron chi connectivity index (χ1n) is 7.83. The number of aromatic nitrogens is 2. The number of fused-ring (bicyclic) bond motifs is 3. The van der Waals surface area contributed by atoms with Gasteiger partial charge in [0.25, 0.3) is 0 Å². The summed E-state index contributed by atoms with van der Waals surface area (Å²) in [4.78, 5) is 22.6. The number of carbonyl (C=O) groups is 1. The molecular weight excluding hydrogens is 330 g/mol. The highest BCUT2D eigenvalue weighted by molar-refractivity contribution is 7.98. The van der Waals surface area contributed by atoms with Gasteiger partial charge in [-0.05, 0) is 49.2 Å². The Kier molecular flexibility index (Phi) is 5.06. The van der Waals surface area contributed by atoms with Gasteiger partial charge in [0.1, 0.15) is 23.0 Å². The Morgan fingerprint density at radius 1 is 1.57 bits per heavy atom. The van der Waals surface area contributed by atoms with E-state index < -0.39 is 12.0 Å². The van der Waals surface area contributed by atoms with E-state index in [0.717, 1.165) is 28.8 Å². The van der Waals surface area contributed by atoms with Crippen molar-refractivity contribution >= 4 is 45.1 Å². The molecule has 2 heterocycles. The van der Waals surface area contributed by atoms with Crippen LogP contribution >= 0.6 is 23.1 Å². The molecule has 0 saturated carbocycles. The second-order valence-corrected chi connectivity index (χ2v) is 8.14. The van der Waals surface area contributed by atoms with E-state index in [1.807, 2.05) is 6.26 Å². The molecule has 1 aliphatic rings. The van der Waals surface area contributed by atoms with E-state index in [9.17, 15) is 9.90 Å². The van der Waals surface area contributed by atoms with Gasteiger partial charge in [0.15, 0.2) is 0 Å². The molecular formula is C16H21N3O2S2. The molecule has 2 atom stereocenters. The van der Waals surface area contributed by atoms with E-state index in [1.165, 1.54) is 23.2 Å². The second-order valence-electron chi connectivity index (χ2n) is 6.07. The van der Waals surface area contributed by atoms with Crippen LogP contribution in [0.15, 0.2) is 6.33 Å². The number of anilines is 1. The van der Waals surface area contributed by atoms with E-state index in [0.29, 0.717) is 18.2 Å². The van der Waals surface area contributed by atoms with Gasteiger partial charge in [-0.3, -0.25) is 0 Å². The summed E-state index contributed by atoms with van der Waals surface area (Å²) >= 11 is 3.38. The van der Waals surface area contributed by atoms with Crippen molar-refractivity contribution in [2.45, 2.75) is 38.6 Å². The number of nitrogens with one attached hydrogen (secondary N) is 1. The Bertz CT molecular complexity index is 717. The van der Waals surface area contributed by atoms with Crippen LogP contribution in [0.25, 0.3) is 10.2 Å². The minimum absolute atomic E-state index is 0.575. The SMILES string of the molecule is CSCCC(Nc1ncnc2sc3c(c12)CCC(C)C3)C(=O)O. The first-order chi connectivity index (χ1) is 11.1. The molecule has 23 heavy (non-hydrogen) atoms. The maximum atomic E-state index is 11.5. The van der Waals surface area contributed by atoms with Gasteiger partial charge in [-0.1, -0.05) is 6.92 Å². The first-order valence-corrected chi connectivity index (χ1v) is 10.0. The summed E-state index contributed by atoms with van der Waals surface area (Å²) in [6.45, 7) is 2.28. The quantitative estimate of drug-likeness (QED) is 0.830. The molecule has 2 aromatic rings. The lowest BCUT2D eigenvalue weighted by Crippen LogP contribution is -2.30. The molecule has 0 amide bonds. The lowest BCUT2D eigenvalue weighted by atomic mass is 9.89. The third-order valence-electron chi connectivity index (χ3n) is 4.31. The van der Waals surface area contributed by atoms with E-state index in [2.05, 4.69) is 22.2 Å². The molecule has 0 saturated heterocycles. The topological polar surface area (TPSA) is 75.1 Å². The normalized spacial score (nSPS) is 18.6. The van der Waals surface area contributed by atoms with Crippen molar-refractivity contribution in [1.82, 2.24) is 9.97 Å². The second kappa shape index (κ2) is 7.05. The maximum Gasteiger partial charge on any atom is 0.326 e. The van der Waals surface area contributed by atoms with E-state index >= 15 is 0 Å². The predicted molar refractivity (Wildman–Crippen MR) is 96.6 cm³/mol. The Morgan fingerprint density at radius 3 is 3.13 bits per heavy atom. The fourth-order valence-corrected chi connectivity index (χ4v) is 4.86. The average molecular weight is 351 g/mol. The molecule has 1 aliphatic carbocycles. The molecule has 0 aromatic carbocycles. The minimum atomic E-state index is -0.830. The summed E-state index contributed by atoms with van der Waals surface area (Å²) in [5, 5.41) is 13.6. The highest BCUT2D eigenvalue weighted by Gasteiger charge is 2.25. The van der Waals surface area contributed by atoms with Crippen molar-refractivity contribution in [3.63, 3.8) is 0 Å². The third-order valence-corrected chi connectivity index (χ3v) is 6.12. The predicted octanol–water partition coefficient (Wildman–Crippen LogP) is 3.43. The van der Waals surface area contributed by atoms with Crippen LogP contribution in [0.2, 0.25) is 0 Å². The molecule has 124 valence electrons. The lowest BCUT2D eigenvalue weighted by molar-refractivity contribution is -0.137. The van der Waals surface area contributed by atoms with Crippen molar-refractivity contribution in [3.05, 3.63) is 16.8 Å². The molecule has 3 rings (SSSR count). The Morgan fingerprint density at radius 2 is 2.39 bits per heavy atom. The largest absolute Gasteiger partial charge is 0.480 e. The zero-order chi connectivity index (χ0) is 16.4.